The van der Waals surface area contributed by atoms with Crippen molar-refractivity contribution in [2.24, 2.45) is 0 Å². The molecule has 2 heterocycles. The number of nitrogens with zero attached hydrogens (tertiary/aromatic N) is 2. The highest BCUT2D eigenvalue weighted by Gasteiger charge is 2.13. The molecule has 0 N–H and O–H groups in total. The molecule has 0 aliphatic heterocycles. The Morgan fingerprint density at radius 3 is 2.59 bits per heavy atom. The molecule has 0 bridgehead atoms. The molecular weight excluding hydrogens is 316 g/mol. The average Bonchev–Trinajstić information content (AvgIpc) is 2.97. The van der Waals surface area contributed by atoms with Crippen molar-refractivity contribution >= 4 is 33.8 Å². The lowest BCUT2D eigenvalue weighted by atomic mass is 10.1. The zero-order valence-corrected chi connectivity index (χ0v) is 14.5. The Hall–Kier alpha value is -1.65. The quantitative estimate of drug-likeness (QED) is 0.639. The van der Waals surface area contributed by atoms with Crippen LogP contribution >= 0.6 is 22.9 Å². The first kappa shape index (κ1) is 15.3. The number of pyridine rings is 1. The molecule has 0 aliphatic carbocycles. The number of halogens is 1. The van der Waals surface area contributed by atoms with Crippen LogP contribution < -0.4 is 4.74 Å². The van der Waals surface area contributed by atoms with E-state index in [-0.39, 0.29) is 0 Å². The minimum Gasteiger partial charge on any atom is -0.497 e. The highest BCUT2D eigenvalue weighted by atomic mass is 35.5. The molecule has 5 heteroatoms. The molecule has 0 saturated carbocycles. The molecule has 3 aromatic rings. The summed E-state index contributed by atoms with van der Waals surface area (Å²) in [6, 6.07) is 5.82. The van der Waals surface area contributed by atoms with Crippen molar-refractivity contribution in [1.82, 2.24) is 9.97 Å². The van der Waals surface area contributed by atoms with E-state index in [0.29, 0.717) is 10.9 Å². The molecule has 0 atom stereocenters. The Kier molecular flexibility index (Phi) is 4.06. The third kappa shape index (κ3) is 2.69. The summed E-state index contributed by atoms with van der Waals surface area (Å²) in [6.45, 7) is 6.34. The van der Waals surface area contributed by atoms with Crippen molar-refractivity contribution in [1.29, 1.82) is 0 Å². The van der Waals surface area contributed by atoms with Crippen LogP contribution in [-0.4, -0.2) is 17.1 Å². The summed E-state index contributed by atoms with van der Waals surface area (Å²) in [5.41, 5.74) is 3.87. The summed E-state index contributed by atoms with van der Waals surface area (Å²) in [4.78, 5) is 9.39. The maximum atomic E-state index is 6.37. The maximum Gasteiger partial charge on any atom is 0.142 e. The van der Waals surface area contributed by atoms with Gasteiger partial charge in [0.25, 0.3) is 0 Å². The molecule has 0 fully saturated rings. The Morgan fingerprint density at radius 2 is 1.95 bits per heavy atom. The molecule has 0 saturated heterocycles. The fourth-order valence-corrected chi connectivity index (χ4v) is 3.51. The number of rotatable bonds is 3. The highest BCUT2D eigenvalue weighted by Crippen LogP contribution is 2.33. The average molecular weight is 333 g/mol. The predicted octanol–water partition coefficient (Wildman–Crippen LogP) is 5.45. The SMILES string of the molecule is COc1cc(Cl)c2nc(-c3nc(C(C)C)cs3)cc(C)c2c1. The van der Waals surface area contributed by atoms with E-state index in [1.54, 1.807) is 24.5 Å². The lowest BCUT2D eigenvalue weighted by Crippen LogP contribution is -1.92. The molecule has 22 heavy (non-hydrogen) atoms. The monoisotopic (exact) mass is 332 g/mol. The van der Waals surface area contributed by atoms with Crippen molar-refractivity contribution in [3.05, 3.63) is 39.9 Å². The van der Waals surface area contributed by atoms with Crippen LogP contribution in [-0.2, 0) is 0 Å². The summed E-state index contributed by atoms with van der Waals surface area (Å²) >= 11 is 7.99. The van der Waals surface area contributed by atoms with Crippen LogP contribution in [0.3, 0.4) is 0 Å². The number of aryl methyl sites for hydroxylation is 1. The highest BCUT2D eigenvalue weighted by molar-refractivity contribution is 7.13. The van der Waals surface area contributed by atoms with Gasteiger partial charge >= 0.3 is 0 Å². The second-order valence-corrected chi connectivity index (χ2v) is 6.83. The third-order valence-electron chi connectivity index (χ3n) is 3.62. The van der Waals surface area contributed by atoms with Gasteiger partial charge in [0.15, 0.2) is 0 Å². The van der Waals surface area contributed by atoms with E-state index in [4.69, 9.17) is 21.3 Å². The van der Waals surface area contributed by atoms with Gasteiger partial charge in [0.05, 0.1) is 29.0 Å². The maximum absolute atomic E-state index is 6.37. The molecule has 0 amide bonds. The summed E-state index contributed by atoms with van der Waals surface area (Å²) < 4.78 is 5.28. The van der Waals surface area contributed by atoms with Crippen LogP contribution in [0.5, 0.6) is 5.75 Å². The lowest BCUT2D eigenvalue weighted by Gasteiger charge is -2.09. The van der Waals surface area contributed by atoms with Gasteiger partial charge in [0.1, 0.15) is 10.8 Å². The van der Waals surface area contributed by atoms with Crippen LogP contribution in [0.1, 0.15) is 31.0 Å². The molecule has 0 spiro atoms. The number of methoxy groups -OCH3 is 1. The first-order chi connectivity index (χ1) is 10.5. The van der Waals surface area contributed by atoms with Gasteiger partial charge in [0.2, 0.25) is 0 Å². The number of thiazole rings is 1. The van der Waals surface area contributed by atoms with Crippen LogP contribution in [0.15, 0.2) is 23.6 Å². The van der Waals surface area contributed by atoms with Gasteiger partial charge < -0.3 is 4.74 Å². The molecule has 114 valence electrons. The molecule has 1 aromatic carbocycles. The molecule has 3 nitrogen and oxygen atoms in total. The minimum absolute atomic E-state index is 0.416. The standard InChI is InChI=1S/C17H17ClN2OS/c1-9(2)15-8-22-17(20-15)14-5-10(3)12-6-11(21-4)7-13(18)16(12)19-14/h5-9H,1-4H3. The van der Waals surface area contributed by atoms with Crippen molar-refractivity contribution in [3.8, 4) is 16.5 Å². The molecular formula is C17H17ClN2OS. The summed E-state index contributed by atoms with van der Waals surface area (Å²) in [7, 11) is 1.64. The smallest absolute Gasteiger partial charge is 0.142 e. The first-order valence-corrected chi connectivity index (χ1v) is 8.36. The largest absolute Gasteiger partial charge is 0.497 e. The molecule has 2 aromatic heterocycles. The third-order valence-corrected chi connectivity index (χ3v) is 4.79. The van der Waals surface area contributed by atoms with E-state index < -0.39 is 0 Å². The van der Waals surface area contributed by atoms with E-state index in [1.807, 2.05) is 6.07 Å². The van der Waals surface area contributed by atoms with E-state index in [9.17, 15) is 0 Å². The van der Waals surface area contributed by atoms with Crippen molar-refractivity contribution in [2.45, 2.75) is 26.7 Å². The van der Waals surface area contributed by atoms with Crippen LogP contribution in [0.25, 0.3) is 21.6 Å². The second kappa shape index (κ2) is 5.86. The number of ether oxygens (including phenoxy) is 1. The lowest BCUT2D eigenvalue weighted by molar-refractivity contribution is 0.415. The predicted molar refractivity (Wildman–Crippen MR) is 93.2 cm³/mol. The van der Waals surface area contributed by atoms with Crippen molar-refractivity contribution in [3.63, 3.8) is 0 Å². The van der Waals surface area contributed by atoms with Gasteiger partial charge in [-0.2, -0.15) is 0 Å². The minimum atomic E-state index is 0.416. The number of hydrogen-bond acceptors (Lipinski definition) is 4. The Balaban J connectivity index is 2.17. The number of aromatic nitrogens is 2. The number of benzene rings is 1. The van der Waals surface area contributed by atoms with E-state index in [0.717, 1.165) is 38.6 Å². The summed E-state index contributed by atoms with van der Waals surface area (Å²) in [5.74, 6) is 1.16. The van der Waals surface area contributed by atoms with Gasteiger partial charge in [-0.15, -0.1) is 11.3 Å². The second-order valence-electron chi connectivity index (χ2n) is 5.56. The number of fused-ring (bicyclic) bond motifs is 1. The molecule has 0 unspecified atom stereocenters. The summed E-state index contributed by atoms with van der Waals surface area (Å²) in [5, 5.41) is 4.63. The molecule has 3 rings (SSSR count). The van der Waals surface area contributed by atoms with Gasteiger partial charge in [-0.3, -0.25) is 0 Å². The zero-order valence-electron chi connectivity index (χ0n) is 13.0. The van der Waals surface area contributed by atoms with Gasteiger partial charge in [-0.05, 0) is 30.5 Å². The van der Waals surface area contributed by atoms with Crippen LogP contribution in [0.4, 0.5) is 0 Å². The zero-order chi connectivity index (χ0) is 15.9. The van der Waals surface area contributed by atoms with E-state index in [2.05, 4.69) is 37.2 Å². The molecule has 0 aliphatic rings. The van der Waals surface area contributed by atoms with E-state index in [1.165, 1.54) is 0 Å². The Labute approximate surface area is 138 Å². The van der Waals surface area contributed by atoms with Gasteiger partial charge in [-0.25, -0.2) is 9.97 Å². The van der Waals surface area contributed by atoms with Gasteiger partial charge in [-0.1, -0.05) is 25.4 Å². The number of hydrogen-bond donors (Lipinski definition) is 0. The molecule has 0 radical (unpaired) electrons. The fourth-order valence-electron chi connectivity index (χ4n) is 2.32. The van der Waals surface area contributed by atoms with Crippen molar-refractivity contribution in [2.75, 3.05) is 7.11 Å². The Morgan fingerprint density at radius 1 is 1.18 bits per heavy atom. The Bertz CT molecular complexity index is 842. The topological polar surface area (TPSA) is 35.0 Å². The normalized spacial score (nSPS) is 11.4. The summed E-state index contributed by atoms with van der Waals surface area (Å²) in [6.07, 6.45) is 0. The van der Waals surface area contributed by atoms with Gasteiger partial charge in [0, 0.05) is 16.8 Å². The van der Waals surface area contributed by atoms with Crippen LogP contribution in [0, 0.1) is 6.92 Å². The van der Waals surface area contributed by atoms with Crippen LogP contribution in [0.2, 0.25) is 5.02 Å². The van der Waals surface area contributed by atoms with Crippen molar-refractivity contribution < 1.29 is 4.74 Å². The van der Waals surface area contributed by atoms with E-state index >= 15 is 0 Å². The first-order valence-electron chi connectivity index (χ1n) is 7.10. The fraction of sp³-hybridized carbons (Fsp3) is 0.294.